The lowest BCUT2D eigenvalue weighted by atomic mass is 10.2. The molecule has 0 aliphatic carbocycles. The number of rotatable bonds is 9. The summed E-state index contributed by atoms with van der Waals surface area (Å²) >= 11 is 0. The van der Waals surface area contributed by atoms with Gasteiger partial charge in [-0.25, -0.2) is 0 Å². The zero-order valence-electron chi connectivity index (χ0n) is 18.8. The summed E-state index contributed by atoms with van der Waals surface area (Å²) in [7, 11) is 4.60. The molecule has 1 N–H and O–H groups in total. The van der Waals surface area contributed by atoms with Crippen molar-refractivity contribution in [2.75, 3.05) is 26.6 Å². The quantitative estimate of drug-likeness (QED) is 0.397. The number of carbonyl (C=O) groups is 1. The molecular weight excluding hydrogens is 420 g/mol. The van der Waals surface area contributed by atoms with E-state index in [9.17, 15) is 4.79 Å². The third-order valence-electron chi connectivity index (χ3n) is 5.26. The van der Waals surface area contributed by atoms with Crippen LogP contribution in [-0.4, -0.2) is 31.8 Å². The van der Waals surface area contributed by atoms with Gasteiger partial charge in [-0.1, -0.05) is 30.3 Å². The van der Waals surface area contributed by atoms with Gasteiger partial charge in [0, 0.05) is 30.1 Å². The second-order valence-corrected chi connectivity index (χ2v) is 7.40. The number of methoxy groups -OCH3 is 3. The lowest BCUT2D eigenvalue weighted by molar-refractivity contribution is -0.116. The van der Waals surface area contributed by atoms with Gasteiger partial charge in [0.05, 0.1) is 26.8 Å². The molecule has 0 aliphatic heterocycles. The molecule has 1 amide bonds. The molecule has 0 atom stereocenters. The van der Waals surface area contributed by atoms with Gasteiger partial charge < -0.3 is 28.8 Å². The van der Waals surface area contributed by atoms with Crippen LogP contribution in [0.3, 0.4) is 0 Å². The Hall–Kier alpha value is -4.13. The minimum Gasteiger partial charge on any atom is -0.493 e. The lowest BCUT2D eigenvalue weighted by Gasteiger charge is -2.15. The Balaban J connectivity index is 1.49. The molecule has 33 heavy (non-hydrogen) atoms. The molecule has 170 valence electrons. The molecule has 0 fully saturated rings. The first-order chi connectivity index (χ1) is 16.1. The first kappa shape index (κ1) is 22.1. The number of hydrogen-bond donors (Lipinski definition) is 1. The molecular formula is C26H26N2O5. The van der Waals surface area contributed by atoms with Gasteiger partial charge in [0.15, 0.2) is 11.5 Å². The van der Waals surface area contributed by atoms with Crippen LogP contribution in [0.25, 0.3) is 10.9 Å². The highest BCUT2D eigenvalue weighted by Gasteiger charge is 2.15. The number of nitrogens with one attached hydrogen (secondary N) is 1. The van der Waals surface area contributed by atoms with Crippen LogP contribution in [-0.2, 0) is 17.9 Å². The zero-order valence-corrected chi connectivity index (χ0v) is 18.8. The monoisotopic (exact) mass is 446 g/mol. The van der Waals surface area contributed by atoms with Crippen molar-refractivity contribution < 1.29 is 23.7 Å². The largest absolute Gasteiger partial charge is 0.493 e. The van der Waals surface area contributed by atoms with Crippen LogP contribution in [0.4, 0.5) is 5.69 Å². The van der Waals surface area contributed by atoms with Crippen molar-refractivity contribution in [3.05, 3.63) is 78.5 Å². The van der Waals surface area contributed by atoms with Gasteiger partial charge in [-0.15, -0.1) is 0 Å². The summed E-state index contributed by atoms with van der Waals surface area (Å²) < 4.78 is 23.9. The number of benzene rings is 3. The van der Waals surface area contributed by atoms with Gasteiger partial charge in [0.2, 0.25) is 11.7 Å². The smallest absolute Gasteiger partial charge is 0.244 e. The molecule has 7 heteroatoms. The van der Waals surface area contributed by atoms with Gasteiger partial charge in [0.25, 0.3) is 0 Å². The maximum Gasteiger partial charge on any atom is 0.244 e. The van der Waals surface area contributed by atoms with Crippen LogP contribution < -0.4 is 24.3 Å². The number of fused-ring (bicyclic) bond motifs is 1. The second kappa shape index (κ2) is 9.99. The molecule has 4 aromatic rings. The number of ether oxygens (including phenoxy) is 4. The average Bonchev–Trinajstić information content (AvgIpc) is 3.24. The Morgan fingerprint density at radius 3 is 2.27 bits per heavy atom. The van der Waals surface area contributed by atoms with Gasteiger partial charge in [0.1, 0.15) is 18.9 Å². The predicted octanol–water partition coefficient (Wildman–Crippen LogP) is 4.88. The van der Waals surface area contributed by atoms with Crippen molar-refractivity contribution in [1.29, 1.82) is 0 Å². The fourth-order valence-corrected chi connectivity index (χ4v) is 3.64. The summed E-state index contributed by atoms with van der Waals surface area (Å²) in [5, 5.41) is 3.93. The van der Waals surface area contributed by atoms with Crippen molar-refractivity contribution in [3.8, 4) is 23.0 Å². The molecule has 0 saturated heterocycles. The first-order valence-electron chi connectivity index (χ1n) is 10.5. The number of amides is 1. The number of hydrogen-bond acceptors (Lipinski definition) is 5. The highest BCUT2D eigenvalue weighted by Crippen LogP contribution is 2.40. The van der Waals surface area contributed by atoms with Crippen LogP contribution in [0, 0.1) is 0 Å². The maximum absolute atomic E-state index is 12.8. The molecule has 0 radical (unpaired) electrons. The molecule has 1 aromatic heterocycles. The average molecular weight is 447 g/mol. The normalized spacial score (nSPS) is 10.6. The molecule has 3 aromatic carbocycles. The van der Waals surface area contributed by atoms with E-state index in [-0.39, 0.29) is 12.5 Å². The SMILES string of the molecule is COc1cc(NC(=O)Cn2ccc3ccc(OCc4ccccc4)cc32)cc(OC)c1OC. The van der Waals surface area contributed by atoms with E-state index < -0.39 is 0 Å². The van der Waals surface area contributed by atoms with Crippen LogP contribution in [0.15, 0.2) is 72.9 Å². The third kappa shape index (κ3) is 5.03. The Morgan fingerprint density at radius 2 is 1.61 bits per heavy atom. The van der Waals surface area contributed by atoms with E-state index in [1.54, 1.807) is 12.1 Å². The van der Waals surface area contributed by atoms with Crippen molar-refractivity contribution in [2.24, 2.45) is 0 Å². The van der Waals surface area contributed by atoms with Crippen LogP contribution in [0.1, 0.15) is 5.56 Å². The van der Waals surface area contributed by atoms with Crippen molar-refractivity contribution >= 4 is 22.5 Å². The summed E-state index contributed by atoms with van der Waals surface area (Å²) in [6, 6.07) is 21.2. The first-order valence-corrected chi connectivity index (χ1v) is 10.5. The number of nitrogens with zero attached hydrogens (tertiary/aromatic N) is 1. The van der Waals surface area contributed by atoms with Gasteiger partial charge in [-0.3, -0.25) is 4.79 Å². The Bertz CT molecular complexity index is 1230. The summed E-state index contributed by atoms with van der Waals surface area (Å²) in [6.07, 6.45) is 1.89. The highest BCUT2D eigenvalue weighted by atomic mass is 16.5. The van der Waals surface area contributed by atoms with Gasteiger partial charge >= 0.3 is 0 Å². The van der Waals surface area contributed by atoms with Crippen molar-refractivity contribution in [1.82, 2.24) is 4.57 Å². The molecule has 0 saturated carbocycles. The van der Waals surface area contributed by atoms with Gasteiger partial charge in [-0.2, -0.15) is 0 Å². The highest BCUT2D eigenvalue weighted by molar-refractivity contribution is 5.93. The van der Waals surface area contributed by atoms with Gasteiger partial charge in [-0.05, 0) is 29.1 Å². The fourth-order valence-electron chi connectivity index (χ4n) is 3.64. The zero-order chi connectivity index (χ0) is 23.2. The number of carbonyl (C=O) groups excluding carboxylic acids is 1. The van der Waals surface area contributed by atoms with Crippen molar-refractivity contribution in [3.63, 3.8) is 0 Å². The summed E-state index contributed by atoms with van der Waals surface area (Å²) in [5.41, 5.74) is 2.57. The minimum atomic E-state index is -0.183. The van der Waals surface area contributed by atoms with E-state index in [0.29, 0.717) is 29.5 Å². The minimum absolute atomic E-state index is 0.141. The van der Waals surface area contributed by atoms with E-state index in [4.69, 9.17) is 18.9 Å². The fraction of sp³-hybridized carbons (Fsp3) is 0.192. The molecule has 4 rings (SSSR count). The predicted molar refractivity (Wildman–Crippen MR) is 127 cm³/mol. The van der Waals surface area contributed by atoms with E-state index in [0.717, 1.165) is 22.2 Å². The maximum atomic E-state index is 12.8. The van der Waals surface area contributed by atoms with E-state index in [2.05, 4.69) is 5.32 Å². The topological polar surface area (TPSA) is 71.0 Å². The number of anilines is 1. The van der Waals surface area contributed by atoms with E-state index in [1.807, 2.05) is 65.4 Å². The van der Waals surface area contributed by atoms with E-state index in [1.165, 1.54) is 21.3 Å². The molecule has 0 unspecified atom stereocenters. The Kier molecular flexibility index (Phi) is 6.69. The Labute approximate surface area is 192 Å². The molecule has 7 nitrogen and oxygen atoms in total. The van der Waals surface area contributed by atoms with E-state index >= 15 is 0 Å². The molecule has 0 bridgehead atoms. The summed E-state index contributed by atoms with van der Waals surface area (Å²) in [5.74, 6) is 1.98. The number of aromatic nitrogens is 1. The second-order valence-electron chi connectivity index (χ2n) is 7.40. The summed E-state index contributed by atoms with van der Waals surface area (Å²) in [6.45, 7) is 0.622. The standard InChI is InChI=1S/C26H26N2O5/c1-30-23-13-20(14-24(31-2)26(23)32-3)27-25(29)16-28-12-11-19-9-10-21(15-22(19)28)33-17-18-7-5-4-6-8-18/h4-15H,16-17H2,1-3H3,(H,27,29). The third-order valence-corrected chi connectivity index (χ3v) is 5.26. The molecule has 1 heterocycles. The van der Waals surface area contributed by atoms with Crippen LogP contribution in [0.2, 0.25) is 0 Å². The molecule has 0 spiro atoms. The summed E-state index contributed by atoms with van der Waals surface area (Å²) in [4.78, 5) is 12.8. The molecule has 0 aliphatic rings. The lowest BCUT2D eigenvalue weighted by Crippen LogP contribution is -2.18. The van der Waals surface area contributed by atoms with Crippen LogP contribution in [0.5, 0.6) is 23.0 Å². The van der Waals surface area contributed by atoms with Crippen LogP contribution >= 0.6 is 0 Å². The Morgan fingerprint density at radius 1 is 0.879 bits per heavy atom. The van der Waals surface area contributed by atoms with Crippen molar-refractivity contribution in [2.45, 2.75) is 13.2 Å².